The zero-order valence-electron chi connectivity index (χ0n) is 31.0. The van der Waals surface area contributed by atoms with Gasteiger partial charge in [-0.15, -0.1) is 0 Å². The lowest BCUT2D eigenvalue weighted by Crippen LogP contribution is -2.08. The Balaban J connectivity index is 1.83. The molecule has 5 aromatic carbocycles. The van der Waals surface area contributed by atoms with Crippen LogP contribution in [0.2, 0.25) is 0 Å². The molecule has 0 radical (unpaired) electrons. The second-order valence-electron chi connectivity index (χ2n) is 13.1. The Bertz CT molecular complexity index is 3270. The molecule has 0 saturated carbocycles. The van der Waals surface area contributed by atoms with Crippen LogP contribution in [0.1, 0.15) is 61.2 Å². The molecule has 64 heavy (non-hydrogen) atoms. The monoisotopic (exact) mass is 862 g/mol. The SMILES string of the molecule is [C-]#[N+]C1=C(c2ccc(F)cc2)/C(=C(/C#N)c2c(F)c(F)c([N+]#[C-])c(F)c2F)c2c(C#N)c3c(c(C#N)c21)/C(=C(\[N+]#[C-])c1c(F)c(F)c(C#N)c(F)c1F)C(c1ccc(F)cc1)=C3C#N. The van der Waals surface area contributed by atoms with Crippen molar-refractivity contribution in [2.24, 2.45) is 0 Å². The van der Waals surface area contributed by atoms with Gasteiger partial charge in [0.2, 0.25) is 11.4 Å². The van der Waals surface area contributed by atoms with E-state index in [1.165, 1.54) is 6.07 Å². The minimum absolute atomic E-state index is 0.313. The molecule has 302 valence electrons. The molecule has 0 saturated heterocycles. The van der Waals surface area contributed by atoms with Gasteiger partial charge in [-0.3, -0.25) is 0 Å². The number of allylic oxidation sites excluding steroid dienone is 6. The maximum Gasteiger partial charge on any atom is 0.262 e. The molecular formula is C46H8F10N8. The van der Waals surface area contributed by atoms with E-state index in [1.54, 1.807) is 18.2 Å². The smallest absolute Gasteiger partial charge is 0.237 e. The Morgan fingerprint density at radius 1 is 0.453 bits per heavy atom. The van der Waals surface area contributed by atoms with E-state index in [1.807, 2.05) is 0 Å². The van der Waals surface area contributed by atoms with Crippen molar-refractivity contribution >= 4 is 50.5 Å². The van der Waals surface area contributed by atoms with Crippen LogP contribution in [-0.4, -0.2) is 0 Å². The number of rotatable bonds is 4. The number of hydrogen-bond donors (Lipinski definition) is 0. The first-order chi connectivity index (χ1) is 30.6. The van der Waals surface area contributed by atoms with Crippen LogP contribution in [-0.2, 0) is 0 Å². The summed E-state index contributed by atoms with van der Waals surface area (Å²) in [6.45, 7) is 23.4. The van der Waals surface area contributed by atoms with Crippen LogP contribution in [0.4, 0.5) is 49.6 Å². The first kappa shape index (κ1) is 42.4. The molecule has 7 rings (SSSR count). The fourth-order valence-corrected chi connectivity index (χ4v) is 7.57. The molecule has 2 aliphatic carbocycles. The normalized spacial score (nSPS) is 13.9. The minimum atomic E-state index is -2.32. The van der Waals surface area contributed by atoms with Gasteiger partial charge in [0.25, 0.3) is 5.69 Å². The zero-order valence-corrected chi connectivity index (χ0v) is 31.0. The minimum Gasteiger partial charge on any atom is -0.237 e. The van der Waals surface area contributed by atoms with Gasteiger partial charge in [-0.05, 0) is 68.8 Å². The first-order valence-electron chi connectivity index (χ1n) is 17.2. The fraction of sp³-hybridized carbons (Fsp3) is 0. The Morgan fingerprint density at radius 3 is 1.33 bits per heavy atom. The molecule has 2 aliphatic rings. The largest absolute Gasteiger partial charge is 0.262 e. The van der Waals surface area contributed by atoms with Crippen molar-refractivity contribution in [1.82, 2.24) is 0 Å². The first-order valence-corrected chi connectivity index (χ1v) is 17.2. The van der Waals surface area contributed by atoms with Gasteiger partial charge in [-0.25, -0.2) is 58.4 Å². The molecule has 0 atom stereocenters. The highest BCUT2D eigenvalue weighted by molar-refractivity contribution is 6.35. The summed E-state index contributed by atoms with van der Waals surface area (Å²) in [5.41, 5.74) is -20.5. The van der Waals surface area contributed by atoms with Crippen LogP contribution in [0, 0.1) is 135 Å². The molecule has 8 nitrogen and oxygen atoms in total. The lowest BCUT2D eigenvalue weighted by atomic mass is 9.82. The molecule has 0 spiro atoms. The summed E-state index contributed by atoms with van der Waals surface area (Å²) in [6.07, 6.45) is 0. The number of nitrogens with zero attached hydrogens (tertiary/aromatic N) is 8. The Hall–Kier alpha value is -9.72. The topological polar surface area (TPSA) is 132 Å². The van der Waals surface area contributed by atoms with Gasteiger partial charge in [-0.1, -0.05) is 24.3 Å². The van der Waals surface area contributed by atoms with Crippen LogP contribution in [0.3, 0.4) is 0 Å². The molecule has 18 heteroatoms. The highest BCUT2D eigenvalue weighted by Crippen LogP contribution is 2.60. The van der Waals surface area contributed by atoms with Crippen LogP contribution in [0.25, 0.3) is 59.4 Å². The molecule has 0 aliphatic heterocycles. The maximum atomic E-state index is 16.0. The van der Waals surface area contributed by atoms with Crippen LogP contribution in [0.5, 0.6) is 0 Å². The molecule has 0 fully saturated rings. The summed E-state index contributed by atoms with van der Waals surface area (Å²) in [5.74, 6) is -20.2. The number of halogens is 10. The van der Waals surface area contributed by atoms with Crippen molar-refractivity contribution in [2.45, 2.75) is 0 Å². The Labute approximate surface area is 352 Å². The highest BCUT2D eigenvalue weighted by Gasteiger charge is 2.45. The van der Waals surface area contributed by atoms with Gasteiger partial charge in [0.15, 0.2) is 46.5 Å². The molecule has 0 aromatic heterocycles. The third kappa shape index (κ3) is 5.78. The van der Waals surface area contributed by atoms with Crippen LogP contribution >= 0.6 is 0 Å². The van der Waals surface area contributed by atoms with Crippen molar-refractivity contribution in [2.75, 3.05) is 0 Å². The highest BCUT2D eigenvalue weighted by atomic mass is 19.2. The van der Waals surface area contributed by atoms with E-state index in [0.29, 0.717) is 0 Å². The average Bonchev–Trinajstić information content (AvgIpc) is 3.81. The number of nitriles is 5. The van der Waals surface area contributed by atoms with E-state index in [-0.39, 0.29) is 11.1 Å². The van der Waals surface area contributed by atoms with Gasteiger partial charge in [0, 0.05) is 11.1 Å². The molecule has 0 N–H and O–H groups in total. The second kappa shape index (κ2) is 15.7. The number of benzene rings is 5. The third-order valence-corrected chi connectivity index (χ3v) is 10.1. The van der Waals surface area contributed by atoms with E-state index in [0.717, 1.165) is 54.6 Å². The lowest BCUT2D eigenvalue weighted by Gasteiger charge is -2.19. The van der Waals surface area contributed by atoms with Gasteiger partial charge in [-0.2, -0.15) is 26.3 Å². The molecule has 0 heterocycles. The van der Waals surface area contributed by atoms with Crippen LogP contribution < -0.4 is 0 Å². The Morgan fingerprint density at radius 2 is 0.906 bits per heavy atom. The Kier molecular flexibility index (Phi) is 10.4. The summed E-state index contributed by atoms with van der Waals surface area (Å²) in [7, 11) is 0. The summed E-state index contributed by atoms with van der Waals surface area (Å²) < 4.78 is 154. The lowest BCUT2D eigenvalue weighted by molar-refractivity contribution is 0.447. The molecule has 0 amide bonds. The molecular weight excluding hydrogens is 855 g/mol. The van der Waals surface area contributed by atoms with E-state index in [4.69, 9.17) is 19.7 Å². The number of fused-ring (bicyclic) bond motifs is 2. The number of hydrogen-bond acceptors (Lipinski definition) is 5. The zero-order chi connectivity index (χ0) is 46.6. The predicted molar refractivity (Wildman–Crippen MR) is 204 cm³/mol. The quantitative estimate of drug-likeness (QED) is 0.0768. The standard InChI is InChI=1S/C46H8F10N8/c1-62-44-27(18-6-10-20(48)11-7-18)29(24(15-60)33-38(51)42(55)46(64-3)43(56)39(33)52)31-22(13-58)28-21(12-57)26(17-4-8-19(47)9-5-17)34(30(28)23(14-59)32(31)44)45(63-2)35-40(53)36(49)25(16-61)37(50)41(35)54/h4-11H/b29-24+,45-34-. The van der Waals surface area contributed by atoms with Crippen molar-refractivity contribution in [1.29, 1.82) is 26.3 Å². The van der Waals surface area contributed by atoms with Crippen molar-refractivity contribution < 1.29 is 43.9 Å². The molecule has 5 aromatic rings. The van der Waals surface area contributed by atoms with Crippen molar-refractivity contribution in [3.05, 3.63) is 202 Å². The summed E-state index contributed by atoms with van der Waals surface area (Å²) in [5, 5.41) is 52.8. The van der Waals surface area contributed by atoms with Crippen molar-refractivity contribution in [3.8, 4) is 30.3 Å². The second-order valence-corrected chi connectivity index (χ2v) is 13.1. The van der Waals surface area contributed by atoms with Crippen LogP contribution in [0.15, 0.2) is 48.5 Å². The summed E-state index contributed by atoms with van der Waals surface area (Å²) >= 11 is 0. The van der Waals surface area contributed by atoms with Gasteiger partial charge < -0.3 is 0 Å². The maximum absolute atomic E-state index is 16.0. The third-order valence-electron chi connectivity index (χ3n) is 10.1. The average molecular weight is 863 g/mol. The van der Waals surface area contributed by atoms with Gasteiger partial charge >= 0.3 is 0 Å². The van der Waals surface area contributed by atoms with Crippen molar-refractivity contribution in [3.63, 3.8) is 0 Å². The van der Waals surface area contributed by atoms with E-state index < -0.39 is 159 Å². The summed E-state index contributed by atoms with van der Waals surface area (Å²) in [4.78, 5) is 9.01. The van der Waals surface area contributed by atoms with E-state index >= 15 is 35.1 Å². The molecule has 0 bridgehead atoms. The van der Waals surface area contributed by atoms with E-state index in [2.05, 4.69) is 14.5 Å². The van der Waals surface area contributed by atoms with Gasteiger partial charge in [0.05, 0.1) is 59.2 Å². The van der Waals surface area contributed by atoms with E-state index in [9.17, 15) is 35.1 Å². The predicted octanol–water partition coefficient (Wildman–Crippen LogP) is 11.7. The van der Waals surface area contributed by atoms with Gasteiger partial charge in [0.1, 0.15) is 41.5 Å². The summed E-state index contributed by atoms with van der Waals surface area (Å²) in [6, 6.07) is 14.4. The fourth-order valence-electron chi connectivity index (χ4n) is 7.57. The molecule has 0 unspecified atom stereocenters.